The van der Waals surface area contributed by atoms with Gasteiger partial charge in [-0.25, -0.2) is 8.42 Å². The number of hydrogen-bond donors (Lipinski definition) is 1. The average Bonchev–Trinajstić information content (AvgIpc) is 3.42. The molecule has 0 saturated heterocycles. The average molecular weight is 545 g/mol. The Morgan fingerprint density at radius 3 is 2.26 bits per heavy atom. The first-order valence-corrected chi connectivity index (χ1v) is 12.9. The van der Waals surface area contributed by atoms with Crippen LogP contribution in [-0.2, 0) is 21.4 Å². The van der Waals surface area contributed by atoms with Crippen molar-refractivity contribution in [3.05, 3.63) is 60.2 Å². The molecule has 12 heteroatoms. The lowest BCUT2D eigenvalue weighted by Crippen LogP contribution is -2.40. The highest BCUT2D eigenvalue weighted by atomic mass is 32.2. The number of fused-ring (bicyclic) bond motifs is 1. The van der Waals surface area contributed by atoms with E-state index < -0.39 is 22.5 Å². The van der Waals surface area contributed by atoms with Crippen molar-refractivity contribution in [3.63, 3.8) is 0 Å². The molecule has 0 atom stereocenters. The summed E-state index contributed by atoms with van der Waals surface area (Å²) in [5.74, 6) is 1.86. The van der Waals surface area contributed by atoms with Crippen LogP contribution in [0.5, 0.6) is 34.5 Å². The molecule has 11 nitrogen and oxygen atoms in total. The summed E-state index contributed by atoms with van der Waals surface area (Å²) in [6, 6.07) is 14.2. The van der Waals surface area contributed by atoms with Crippen LogP contribution in [-0.4, -0.2) is 56.1 Å². The highest BCUT2D eigenvalue weighted by Crippen LogP contribution is 2.37. The molecule has 0 saturated carbocycles. The van der Waals surface area contributed by atoms with Crippen LogP contribution in [0.4, 0.5) is 5.69 Å². The van der Waals surface area contributed by atoms with E-state index >= 15 is 0 Å². The van der Waals surface area contributed by atoms with Crippen LogP contribution in [0.3, 0.4) is 0 Å². The standard InChI is InChI=1S/C26H28N2O9S/c1-32-18-6-9-21(33-2)20(12-18)28(38(30,31)19-7-10-22(34-3)24(13-19)35-4)15-26(29)27-14-17-5-8-23-25(11-17)37-16-36-23/h5-13H,14-16H2,1-4H3,(H,27,29). The first-order valence-electron chi connectivity index (χ1n) is 11.4. The molecule has 4 rings (SSSR count). The maximum Gasteiger partial charge on any atom is 0.265 e. The Morgan fingerprint density at radius 1 is 0.842 bits per heavy atom. The number of amides is 1. The number of nitrogens with zero attached hydrogens (tertiary/aromatic N) is 1. The second-order valence-electron chi connectivity index (χ2n) is 8.03. The molecule has 0 fully saturated rings. The molecular weight excluding hydrogens is 516 g/mol. The smallest absolute Gasteiger partial charge is 0.265 e. The Balaban J connectivity index is 1.67. The molecule has 1 aliphatic rings. The van der Waals surface area contributed by atoms with Gasteiger partial charge >= 0.3 is 0 Å². The van der Waals surface area contributed by atoms with E-state index in [0.29, 0.717) is 23.0 Å². The summed E-state index contributed by atoms with van der Waals surface area (Å²) in [6.07, 6.45) is 0. The molecule has 38 heavy (non-hydrogen) atoms. The van der Waals surface area contributed by atoms with E-state index in [1.165, 1.54) is 52.7 Å². The summed E-state index contributed by atoms with van der Waals surface area (Å²) in [6.45, 7) is -0.254. The third-order valence-corrected chi connectivity index (χ3v) is 7.57. The zero-order chi connectivity index (χ0) is 27.3. The molecular formula is C26H28N2O9S. The van der Waals surface area contributed by atoms with Gasteiger partial charge in [0.1, 0.15) is 18.0 Å². The van der Waals surface area contributed by atoms with Crippen molar-refractivity contribution in [3.8, 4) is 34.5 Å². The van der Waals surface area contributed by atoms with E-state index in [0.717, 1.165) is 9.87 Å². The number of carbonyl (C=O) groups is 1. The van der Waals surface area contributed by atoms with Crippen LogP contribution in [0.15, 0.2) is 59.5 Å². The van der Waals surface area contributed by atoms with Crippen LogP contribution < -0.4 is 38.0 Å². The van der Waals surface area contributed by atoms with Gasteiger partial charge in [0, 0.05) is 18.7 Å². The Kier molecular flexibility index (Phi) is 8.01. The topological polar surface area (TPSA) is 122 Å². The molecule has 202 valence electrons. The Labute approximate surface area is 220 Å². The highest BCUT2D eigenvalue weighted by Gasteiger charge is 2.31. The normalized spacial score (nSPS) is 12.0. The van der Waals surface area contributed by atoms with Crippen molar-refractivity contribution in [2.75, 3.05) is 46.1 Å². The van der Waals surface area contributed by atoms with Crippen LogP contribution in [0.2, 0.25) is 0 Å². The van der Waals surface area contributed by atoms with E-state index in [4.69, 9.17) is 28.4 Å². The quantitative estimate of drug-likeness (QED) is 0.388. The molecule has 3 aromatic carbocycles. The molecule has 1 aliphatic heterocycles. The summed E-state index contributed by atoms with van der Waals surface area (Å²) in [4.78, 5) is 13.0. The third kappa shape index (κ3) is 5.49. The third-order valence-electron chi connectivity index (χ3n) is 5.81. The Morgan fingerprint density at radius 2 is 1.55 bits per heavy atom. The maximum absolute atomic E-state index is 13.9. The Hall–Kier alpha value is -4.32. The predicted octanol–water partition coefficient (Wildman–Crippen LogP) is 2.96. The number of ether oxygens (including phenoxy) is 6. The molecule has 0 bridgehead atoms. The van der Waals surface area contributed by atoms with Crippen molar-refractivity contribution in [1.82, 2.24) is 5.32 Å². The van der Waals surface area contributed by atoms with Crippen LogP contribution in [0, 0.1) is 0 Å². The molecule has 0 spiro atoms. The van der Waals surface area contributed by atoms with Crippen molar-refractivity contribution >= 4 is 21.6 Å². The van der Waals surface area contributed by atoms with E-state index in [-0.39, 0.29) is 35.4 Å². The van der Waals surface area contributed by atoms with Gasteiger partial charge in [0.15, 0.2) is 23.0 Å². The molecule has 1 amide bonds. The zero-order valence-corrected chi connectivity index (χ0v) is 22.2. The van der Waals surface area contributed by atoms with Gasteiger partial charge in [-0.2, -0.15) is 0 Å². The van der Waals surface area contributed by atoms with Gasteiger partial charge in [-0.1, -0.05) is 6.07 Å². The van der Waals surface area contributed by atoms with E-state index in [2.05, 4.69) is 5.32 Å². The summed E-state index contributed by atoms with van der Waals surface area (Å²) < 4.78 is 60.8. The van der Waals surface area contributed by atoms with Gasteiger partial charge < -0.3 is 33.7 Å². The molecule has 0 aromatic heterocycles. The van der Waals surface area contributed by atoms with E-state index in [1.54, 1.807) is 30.3 Å². The van der Waals surface area contributed by atoms with Gasteiger partial charge in [0.2, 0.25) is 12.7 Å². The minimum absolute atomic E-state index is 0.108. The number of rotatable bonds is 11. The summed E-state index contributed by atoms with van der Waals surface area (Å²) in [5, 5.41) is 2.76. The van der Waals surface area contributed by atoms with Gasteiger partial charge in [-0.15, -0.1) is 0 Å². The SMILES string of the molecule is COc1ccc(OC)c(N(CC(=O)NCc2ccc3c(c2)OCO3)S(=O)(=O)c2ccc(OC)c(OC)c2)c1. The number of anilines is 1. The maximum atomic E-state index is 13.9. The van der Waals surface area contributed by atoms with Gasteiger partial charge in [0.05, 0.1) is 39.0 Å². The van der Waals surface area contributed by atoms with Gasteiger partial charge in [0.25, 0.3) is 10.0 Å². The summed E-state index contributed by atoms with van der Waals surface area (Å²) in [5.41, 5.74) is 0.885. The first kappa shape index (κ1) is 26.7. The lowest BCUT2D eigenvalue weighted by Gasteiger charge is -2.26. The Bertz CT molecular complexity index is 1430. The zero-order valence-electron chi connectivity index (χ0n) is 21.3. The number of nitrogens with one attached hydrogen (secondary N) is 1. The van der Waals surface area contributed by atoms with Crippen molar-refractivity contribution < 1.29 is 41.6 Å². The fraction of sp³-hybridized carbons (Fsp3) is 0.269. The van der Waals surface area contributed by atoms with Gasteiger partial charge in [-0.3, -0.25) is 9.10 Å². The molecule has 1 N–H and O–H groups in total. The number of methoxy groups -OCH3 is 4. The lowest BCUT2D eigenvalue weighted by molar-refractivity contribution is -0.119. The molecule has 0 aliphatic carbocycles. The number of sulfonamides is 1. The lowest BCUT2D eigenvalue weighted by atomic mass is 10.2. The predicted molar refractivity (Wildman–Crippen MR) is 138 cm³/mol. The molecule has 0 radical (unpaired) electrons. The van der Waals surface area contributed by atoms with E-state index in [9.17, 15) is 13.2 Å². The second-order valence-corrected chi connectivity index (χ2v) is 9.89. The fourth-order valence-corrected chi connectivity index (χ4v) is 5.27. The molecule has 3 aromatic rings. The van der Waals surface area contributed by atoms with Crippen LogP contribution >= 0.6 is 0 Å². The summed E-state index contributed by atoms with van der Waals surface area (Å²) in [7, 11) is 1.43. The van der Waals surface area contributed by atoms with Crippen molar-refractivity contribution in [1.29, 1.82) is 0 Å². The first-order chi connectivity index (χ1) is 18.3. The molecule has 0 unspecified atom stereocenters. The van der Waals surface area contributed by atoms with Crippen molar-refractivity contribution in [2.24, 2.45) is 0 Å². The minimum Gasteiger partial charge on any atom is -0.497 e. The number of benzene rings is 3. The van der Waals surface area contributed by atoms with E-state index in [1.807, 2.05) is 0 Å². The van der Waals surface area contributed by atoms with Crippen LogP contribution in [0.25, 0.3) is 0 Å². The number of carbonyl (C=O) groups excluding carboxylic acids is 1. The largest absolute Gasteiger partial charge is 0.497 e. The number of hydrogen-bond acceptors (Lipinski definition) is 9. The van der Waals surface area contributed by atoms with Crippen molar-refractivity contribution in [2.45, 2.75) is 11.4 Å². The minimum atomic E-state index is -4.29. The summed E-state index contributed by atoms with van der Waals surface area (Å²) >= 11 is 0. The highest BCUT2D eigenvalue weighted by molar-refractivity contribution is 7.92. The monoisotopic (exact) mass is 544 g/mol. The second kappa shape index (κ2) is 11.4. The molecule has 1 heterocycles. The van der Waals surface area contributed by atoms with Gasteiger partial charge in [-0.05, 0) is 42.0 Å². The fourth-order valence-electron chi connectivity index (χ4n) is 3.83. The van der Waals surface area contributed by atoms with Crippen LogP contribution in [0.1, 0.15) is 5.56 Å².